The van der Waals surface area contributed by atoms with E-state index < -0.39 is 5.69 Å². The van der Waals surface area contributed by atoms with Gasteiger partial charge in [-0.3, -0.25) is 14.2 Å². The van der Waals surface area contributed by atoms with E-state index in [9.17, 15) is 14.4 Å². The molecule has 9 heteroatoms. The summed E-state index contributed by atoms with van der Waals surface area (Å²) < 4.78 is 8.00. The van der Waals surface area contributed by atoms with Gasteiger partial charge in [-0.25, -0.2) is 9.36 Å². The first kappa shape index (κ1) is 23.4. The number of amides is 1. The Balaban J connectivity index is 1.59. The number of fused-ring (bicyclic) bond motifs is 3. The van der Waals surface area contributed by atoms with Gasteiger partial charge in [-0.1, -0.05) is 11.6 Å². The molecule has 2 heterocycles. The van der Waals surface area contributed by atoms with Crippen molar-refractivity contribution >= 4 is 44.7 Å². The van der Waals surface area contributed by atoms with Crippen molar-refractivity contribution in [2.45, 2.75) is 39.2 Å². The molecule has 1 amide bonds. The van der Waals surface area contributed by atoms with E-state index in [1.54, 1.807) is 48.5 Å². The number of anilines is 1. The van der Waals surface area contributed by atoms with Crippen molar-refractivity contribution in [2.24, 2.45) is 0 Å². The largest absolute Gasteiger partial charge is 0.494 e. The van der Waals surface area contributed by atoms with Crippen LogP contribution in [0.2, 0.25) is 5.02 Å². The number of thiophene rings is 1. The summed E-state index contributed by atoms with van der Waals surface area (Å²) in [5.41, 5.74) is 1.12. The number of aryl methyl sites for hydroxylation is 2. The number of ether oxygens (including phenoxy) is 1. The molecular weight excluding hydrogens is 486 g/mol. The van der Waals surface area contributed by atoms with Crippen LogP contribution < -0.4 is 21.3 Å². The maximum Gasteiger partial charge on any atom is 0.337 e. The lowest BCUT2D eigenvalue weighted by Gasteiger charge is -2.14. The van der Waals surface area contributed by atoms with Crippen LogP contribution in [0.15, 0.2) is 58.1 Å². The molecule has 4 aromatic rings. The third-order valence-electron chi connectivity index (χ3n) is 6.07. The van der Waals surface area contributed by atoms with E-state index in [0.717, 1.165) is 40.7 Å². The minimum atomic E-state index is -0.551. The predicted octanol–water partition coefficient (Wildman–Crippen LogP) is 4.78. The van der Waals surface area contributed by atoms with Crippen LogP contribution in [0.4, 0.5) is 5.69 Å². The van der Waals surface area contributed by atoms with Crippen LogP contribution in [0, 0.1) is 0 Å². The Hall–Kier alpha value is -3.36. The van der Waals surface area contributed by atoms with Gasteiger partial charge in [0.15, 0.2) is 0 Å². The molecule has 1 aliphatic rings. The number of rotatable bonds is 6. The summed E-state index contributed by atoms with van der Waals surface area (Å²) in [5.74, 6) is 0.355. The van der Waals surface area contributed by atoms with Gasteiger partial charge in [0.1, 0.15) is 17.1 Å². The quantitative estimate of drug-likeness (QED) is 0.405. The van der Waals surface area contributed by atoms with Gasteiger partial charge in [-0.2, -0.15) is 0 Å². The minimum Gasteiger partial charge on any atom is -0.494 e. The van der Waals surface area contributed by atoms with Crippen molar-refractivity contribution in [1.29, 1.82) is 0 Å². The van der Waals surface area contributed by atoms with E-state index in [2.05, 4.69) is 5.32 Å². The van der Waals surface area contributed by atoms with E-state index in [4.69, 9.17) is 16.3 Å². The third kappa shape index (κ3) is 4.51. The standard InChI is InChI=1S/C26H24ClN3O4S/c1-2-34-19-13-9-17(10-14-19)28-22(31)15-29-25-23(20-5-3-4-6-21(20)35-25)24(32)30(26(29)33)18-11-7-16(27)8-12-18/h7-14H,2-6,15H2,1H3,(H,28,31). The van der Waals surface area contributed by atoms with Crippen LogP contribution in [-0.2, 0) is 24.2 Å². The maximum atomic E-state index is 13.6. The molecule has 1 aliphatic carbocycles. The molecule has 1 N–H and O–H groups in total. The molecule has 0 unspecified atom stereocenters. The van der Waals surface area contributed by atoms with Gasteiger partial charge in [-0.15, -0.1) is 11.3 Å². The zero-order valence-electron chi connectivity index (χ0n) is 19.2. The zero-order chi connectivity index (χ0) is 24.5. The van der Waals surface area contributed by atoms with Crippen LogP contribution in [0.5, 0.6) is 5.75 Å². The van der Waals surface area contributed by atoms with Crippen molar-refractivity contribution in [2.75, 3.05) is 11.9 Å². The third-order valence-corrected chi connectivity index (χ3v) is 7.64. The molecule has 35 heavy (non-hydrogen) atoms. The van der Waals surface area contributed by atoms with Crippen LogP contribution >= 0.6 is 22.9 Å². The summed E-state index contributed by atoms with van der Waals surface area (Å²) in [5, 5.41) is 3.88. The second-order valence-corrected chi connectivity index (χ2v) is 9.90. The average molecular weight is 510 g/mol. The number of carbonyl (C=O) groups is 1. The van der Waals surface area contributed by atoms with Crippen molar-refractivity contribution in [3.8, 4) is 11.4 Å². The first-order valence-electron chi connectivity index (χ1n) is 11.5. The van der Waals surface area contributed by atoms with Gasteiger partial charge in [0, 0.05) is 15.6 Å². The lowest BCUT2D eigenvalue weighted by Crippen LogP contribution is -2.40. The monoisotopic (exact) mass is 509 g/mol. The fourth-order valence-corrected chi connectivity index (χ4v) is 5.97. The number of nitrogens with one attached hydrogen (secondary N) is 1. The summed E-state index contributed by atoms with van der Waals surface area (Å²) in [6, 6.07) is 13.6. The summed E-state index contributed by atoms with van der Waals surface area (Å²) in [4.78, 5) is 41.9. The van der Waals surface area contributed by atoms with Crippen molar-refractivity contribution < 1.29 is 9.53 Å². The molecule has 0 atom stereocenters. The van der Waals surface area contributed by atoms with Gasteiger partial charge in [-0.05, 0) is 86.7 Å². The predicted molar refractivity (Wildman–Crippen MR) is 140 cm³/mol. The normalized spacial score (nSPS) is 13.0. The van der Waals surface area contributed by atoms with E-state index in [-0.39, 0.29) is 18.0 Å². The summed E-state index contributed by atoms with van der Waals surface area (Å²) in [7, 11) is 0. The van der Waals surface area contributed by atoms with Crippen LogP contribution in [0.3, 0.4) is 0 Å². The van der Waals surface area contributed by atoms with Gasteiger partial charge >= 0.3 is 5.69 Å². The lowest BCUT2D eigenvalue weighted by molar-refractivity contribution is -0.116. The Morgan fingerprint density at radius 1 is 1.06 bits per heavy atom. The molecule has 0 saturated carbocycles. The molecule has 180 valence electrons. The summed E-state index contributed by atoms with van der Waals surface area (Å²) >= 11 is 7.47. The zero-order valence-corrected chi connectivity index (χ0v) is 20.7. The molecule has 0 saturated heterocycles. The number of hydrogen-bond donors (Lipinski definition) is 1. The van der Waals surface area contributed by atoms with Crippen molar-refractivity contribution in [3.63, 3.8) is 0 Å². The second kappa shape index (κ2) is 9.71. The van der Waals surface area contributed by atoms with Gasteiger partial charge in [0.25, 0.3) is 5.56 Å². The molecule has 0 spiro atoms. The van der Waals surface area contributed by atoms with E-state index in [1.807, 2.05) is 6.92 Å². The van der Waals surface area contributed by atoms with Gasteiger partial charge in [0.05, 0.1) is 17.7 Å². The molecule has 0 fully saturated rings. The number of carbonyl (C=O) groups excluding carboxylic acids is 1. The molecule has 7 nitrogen and oxygen atoms in total. The maximum absolute atomic E-state index is 13.6. The average Bonchev–Trinajstić information content (AvgIpc) is 3.24. The Kier molecular flexibility index (Phi) is 6.49. The Morgan fingerprint density at radius 2 is 1.77 bits per heavy atom. The highest BCUT2D eigenvalue weighted by molar-refractivity contribution is 7.18. The highest BCUT2D eigenvalue weighted by Gasteiger charge is 2.25. The molecule has 5 rings (SSSR count). The summed E-state index contributed by atoms with van der Waals surface area (Å²) in [6.07, 6.45) is 3.72. The Labute approximate surface area is 210 Å². The number of aromatic nitrogens is 2. The number of halogens is 1. The SMILES string of the molecule is CCOc1ccc(NC(=O)Cn2c(=O)n(-c3ccc(Cl)cc3)c(=O)c3c4c(sc32)CCCC4)cc1. The first-order chi connectivity index (χ1) is 17.0. The molecule has 0 radical (unpaired) electrons. The van der Waals surface area contributed by atoms with Gasteiger partial charge < -0.3 is 10.1 Å². The second-order valence-electron chi connectivity index (χ2n) is 8.38. The molecule has 2 aromatic heterocycles. The highest BCUT2D eigenvalue weighted by atomic mass is 35.5. The van der Waals surface area contributed by atoms with Crippen molar-refractivity contribution in [3.05, 3.63) is 84.8 Å². The number of benzene rings is 2. The van der Waals surface area contributed by atoms with Crippen LogP contribution in [-0.4, -0.2) is 21.6 Å². The highest BCUT2D eigenvalue weighted by Crippen LogP contribution is 2.34. The van der Waals surface area contributed by atoms with E-state index >= 15 is 0 Å². The minimum absolute atomic E-state index is 0.212. The van der Waals surface area contributed by atoms with Crippen molar-refractivity contribution in [1.82, 2.24) is 9.13 Å². The first-order valence-corrected chi connectivity index (χ1v) is 12.7. The van der Waals surface area contributed by atoms with Gasteiger partial charge in [0.2, 0.25) is 5.91 Å². The topological polar surface area (TPSA) is 82.3 Å². The summed E-state index contributed by atoms with van der Waals surface area (Å²) in [6.45, 7) is 2.24. The molecule has 2 aromatic carbocycles. The number of hydrogen-bond acceptors (Lipinski definition) is 5. The molecule has 0 bridgehead atoms. The Morgan fingerprint density at radius 3 is 2.49 bits per heavy atom. The van der Waals surface area contributed by atoms with Crippen LogP contribution in [0.25, 0.3) is 15.9 Å². The smallest absolute Gasteiger partial charge is 0.337 e. The fraction of sp³-hybridized carbons (Fsp3) is 0.269. The fourth-order valence-electron chi connectivity index (χ4n) is 4.47. The lowest BCUT2D eigenvalue weighted by atomic mass is 9.97. The van der Waals surface area contributed by atoms with E-state index in [0.29, 0.717) is 39.0 Å². The molecule has 0 aliphatic heterocycles. The van der Waals surface area contributed by atoms with E-state index in [1.165, 1.54) is 15.9 Å². The number of nitrogens with zero attached hydrogens (tertiary/aromatic N) is 2. The Bertz CT molecular complexity index is 1520. The van der Waals surface area contributed by atoms with Crippen LogP contribution in [0.1, 0.15) is 30.2 Å². The molecular formula is C26H24ClN3O4S.